The molecular weight excluding hydrogens is 267 g/mol. The number of nitrogens with one attached hydrogen (secondary N) is 1. The second-order valence-corrected chi connectivity index (χ2v) is 5.07. The van der Waals surface area contributed by atoms with Crippen LogP contribution in [-0.4, -0.2) is 34.1 Å². The fourth-order valence-corrected chi connectivity index (χ4v) is 2.48. The molecule has 7 heteroatoms. The van der Waals surface area contributed by atoms with Gasteiger partial charge in [-0.05, 0) is 18.4 Å². The maximum Gasteiger partial charge on any atom is 0.208 e. The summed E-state index contributed by atoms with van der Waals surface area (Å²) in [7, 11) is 0. The molecule has 0 saturated heterocycles. The van der Waals surface area contributed by atoms with Gasteiger partial charge in [0, 0.05) is 18.5 Å². The summed E-state index contributed by atoms with van der Waals surface area (Å²) in [5, 5.41) is 7.44. The summed E-state index contributed by atoms with van der Waals surface area (Å²) in [4.78, 5) is 4.29. The number of ether oxygens (including phenoxy) is 1. The first-order valence-corrected chi connectivity index (χ1v) is 7.09. The first-order chi connectivity index (χ1) is 9.21. The van der Waals surface area contributed by atoms with Gasteiger partial charge >= 0.3 is 0 Å². The number of nitrogens with two attached hydrogens (primary N) is 1. The second kappa shape index (κ2) is 4.82. The third-order valence-electron chi connectivity index (χ3n) is 3.03. The third kappa shape index (κ3) is 2.19. The van der Waals surface area contributed by atoms with Crippen LogP contribution in [0.2, 0.25) is 0 Å². The van der Waals surface area contributed by atoms with Crippen LogP contribution in [0.15, 0.2) is 17.3 Å². The molecule has 2 aromatic rings. The molecule has 0 fully saturated rings. The van der Waals surface area contributed by atoms with E-state index in [9.17, 15) is 4.39 Å². The Kier molecular flexibility index (Phi) is 3.16. The molecule has 1 aliphatic rings. The number of hydrogen-bond acceptors (Lipinski definition) is 5. The quantitative estimate of drug-likeness (QED) is 0.835. The molecule has 2 heterocycles. The van der Waals surface area contributed by atoms with Crippen LogP contribution in [0.4, 0.5) is 4.39 Å². The van der Waals surface area contributed by atoms with Crippen LogP contribution >= 0.6 is 11.8 Å². The van der Waals surface area contributed by atoms with E-state index in [0.29, 0.717) is 35.3 Å². The van der Waals surface area contributed by atoms with Crippen molar-refractivity contribution in [3.8, 4) is 17.1 Å². The summed E-state index contributed by atoms with van der Waals surface area (Å²) in [5.74, 6) is 0.857. The number of halogens is 1. The van der Waals surface area contributed by atoms with Crippen LogP contribution in [0.1, 0.15) is 5.56 Å². The lowest BCUT2D eigenvalue weighted by atomic mass is 10.1. The number of fused-ring (bicyclic) bond motifs is 1. The van der Waals surface area contributed by atoms with Gasteiger partial charge in [0.1, 0.15) is 17.7 Å². The summed E-state index contributed by atoms with van der Waals surface area (Å²) in [5.41, 5.74) is 7.03. The van der Waals surface area contributed by atoms with Crippen molar-refractivity contribution in [2.75, 3.05) is 12.8 Å². The number of aromatic amines is 1. The van der Waals surface area contributed by atoms with E-state index in [1.807, 2.05) is 6.26 Å². The van der Waals surface area contributed by atoms with E-state index >= 15 is 0 Å². The Morgan fingerprint density at radius 3 is 3.11 bits per heavy atom. The van der Waals surface area contributed by atoms with Gasteiger partial charge in [0.2, 0.25) is 5.16 Å². The first kappa shape index (κ1) is 12.4. The topological polar surface area (TPSA) is 76.8 Å². The number of thioether (sulfide) groups is 1. The Labute approximate surface area is 113 Å². The monoisotopic (exact) mass is 280 g/mol. The zero-order valence-electron chi connectivity index (χ0n) is 10.3. The number of benzene rings is 1. The molecule has 3 rings (SSSR count). The SMILES string of the molecule is CSc1n[nH]c(-c2cc(F)cc3c2OC(CN)C3)n1. The largest absolute Gasteiger partial charge is 0.488 e. The molecule has 19 heavy (non-hydrogen) atoms. The van der Waals surface area contributed by atoms with Crippen molar-refractivity contribution in [3.63, 3.8) is 0 Å². The average molecular weight is 280 g/mol. The highest BCUT2D eigenvalue weighted by Crippen LogP contribution is 2.38. The highest BCUT2D eigenvalue weighted by molar-refractivity contribution is 7.98. The molecule has 0 bridgehead atoms. The maximum absolute atomic E-state index is 13.7. The summed E-state index contributed by atoms with van der Waals surface area (Å²) in [6.45, 7) is 0.405. The predicted molar refractivity (Wildman–Crippen MR) is 70.7 cm³/mol. The predicted octanol–water partition coefficient (Wildman–Crippen LogP) is 1.59. The molecule has 3 N–H and O–H groups in total. The van der Waals surface area contributed by atoms with Gasteiger partial charge in [-0.3, -0.25) is 5.10 Å². The molecule has 1 aromatic carbocycles. The number of nitrogens with zero attached hydrogens (tertiary/aromatic N) is 2. The Balaban J connectivity index is 2.07. The lowest BCUT2D eigenvalue weighted by Crippen LogP contribution is -2.24. The average Bonchev–Trinajstić information content (AvgIpc) is 3.03. The van der Waals surface area contributed by atoms with Gasteiger partial charge in [-0.2, -0.15) is 0 Å². The van der Waals surface area contributed by atoms with E-state index in [2.05, 4.69) is 15.2 Å². The summed E-state index contributed by atoms with van der Waals surface area (Å²) >= 11 is 1.42. The van der Waals surface area contributed by atoms with Gasteiger partial charge in [0.15, 0.2) is 5.82 Å². The van der Waals surface area contributed by atoms with Crippen molar-refractivity contribution in [3.05, 3.63) is 23.5 Å². The number of hydrogen-bond donors (Lipinski definition) is 2. The van der Waals surface area contributed by atoms with Crippen molar-refractivity contribution >= 4 is 11.8 Å². The van der Waals surface area contributed by atoms with Gasteiger partial charge < -0.3 is 10.5 Å². The number of aromatic nitrogens is 3. The van der Waals surface area contributed by atoms with E-state index in [1.165, 1.54) is 23.9 Å². The number of H-pyrrole nitrogens is 1. The number of rotatable bonds is 3. The van der Waals surface area contributed by atoms with Crippen molar-refractivity contribution in [1.82, 2.24) is 15.2 Å². The van der Waals surface area contributed by atoms with Crippen LogP contribution in [-0.2, 0) is 6.42 Å². The molecule has 1 unspecified atom stereocenters. The molecule has 0 radical (unpaired) electrons. The zero-order valence-corrected chi connectivity index (χ0v) is 11.1. The van der Waals surface area contributed by atoms with Gasteiger partial charge in [-0.1, -0.05) is 11.8 Å². The summed E-state index contributed by atoms with van der Waals surface area (Å²) < 4.78 is 19.4. The van der Waals surface area contributed by atoms with E-state index in [1.54, 1.807) is 0 Å². The Morgan fingerprint density at radius 2 is 2.42 bits per heavy atom. The zero-order chi connectivity index (χ0) is 13.4. The van der Waals surface area contributed by atoms with Crippen molar-refractivity contribution < 1.29 is 9.13 Å². The van der Waals surface area contributed by atoms with Gasteiger partial charge in [-0.25, -0.2) is 9.37 Å². The molecule has 0 aliphatic carbocycles. The molecule has 100 valence electrons. The minimum Gasteiger partial charge on any atom is -0.488 e. The molecule has 1 aliphatic heterocycles. The highest BCUT2D eigenvalue weighted by Gasteiger charge is 2.27. The van der Waals surface area contributed by atoms with Crippen LogP contribution in [0.5, 0.6) is 5.75 Å². The minimum absolute atomic E-state index is 0.0986. The summed E-state index contributed by atoms with van der Waals surface area (Å²) in [6.07, 6.45) is 2.41. The lowest BCUT2D eigenvalue weighted by molar-refractivity contribution is 0.242. The van der Waals surface area contributed by atoms with Crippen molar-refractivity contribution in [2.45, 2.75) is 17.7 Å². The molecular formula is C12H13FN4OS. The Morgan fingerprint density at radius 1 is 1.58 bits per heavy atom. The normalized spacial score (nSPS) is 17.3. The molecule has 1 aromatic heterocycles. The Bertz CT molecular complexity index is 616. The smallest absolute Gasteiger partial charge is 0.208 e. The Hall–Kier alpha value is -1.60. The van der Waals surface area contributed by atoms with E-state index in [4.69, 9.17) is 10.5 Å². The van der Waals surface area contributed by atoms with E-state index < -0.39 is 0 Å². The minimum atomic E-state index is -0.308. The molecule has 0 saturated carbocycles. The van der Waals surface area contributed by atoms with E-state index in [0.717, 1.165) is 5.56 Å². The highest BCUT2D eigenvalue weighted by atomic mass is 32.2. The standard InChI is InChI=1S/C12H13FN4OS/c1-19-12-15-11(16-17-12)9-4-7(13)2-6-3-8(5-14)18-10(6)9/h2,4,8H,3,5,14H2,1H3,(H,15,16,17). The summed E-state index contributed by atoms with van der Waals surface area (Å²) in [6, 6.07) is 2.89. The first-order valence-electron chi connectivity index (χ1n) is 5.87. The van der Waals surface area contributed by atoms with Crippen LogP contribution in [0.25, 0.3) is 11.4 Å². The lowest BCUT2D eigenvalue weighted by Gasteiger charge is -2.09. The molecule has 0 spiro atoms. The second-order valence-electron chi connectivity index (χ2n) is 4.29. The van der Waals surface area contributed by atoms with Crippen LogP contribution in [0, 0.1) is 5.82 Å². The maximum atomic E-state index is 13.7. The van der Waals surface area contributed by atoms with E-state index in [-0.39, 0.29) is 11.9 Å². The molecule has 5 nitrogen and oxygen atoms in total. The van der Waals surface area contributed by atoms with Gasteiger partial charge in [0.05, 0.1) is 5.56 Å². The third-order valence-corrected chi connectivity index (χ3v) is 3.58. The van der Waals surface area contributed by atoms with Crippen LogP contribution < -0.4 is 10.5 Å². The van der Waals surface area contributed by atoms with Gasteiger partial charge in [0.25, 0.3) is 0 Å². The fourth-order valence-electron chi connectivity index (χ4n) is 2.16. The molecule has 1 atom stereocenters. The fraction of sp³-hybridized carbons (Fsp3) is 0.333. The van der Waals surface area contributed by atoms with Crippen molar-refractivity contribution in [1.29, 1.82) is 0 Å². The van der Waals surface area contributed by atoms with Gasteiger partial charge in [-0.15, -0.1) is 5.10 Å². The molecule has 0 amide bonds. The van der Waals surface area contributed by atoms with Crippen molar-refractivity contribution in [2.24, 2.45) is 5.73 Å². The van der Waals surface area contributed by atoms with Crippen LogP contribution in [0.3, 0.4) is 0 Å².